The van der Waals surface area contributed by atoms with Gasteiger partial charge in [-0.05, 0) is 43.5 Å². The van der Waals surface area contributed by atoms with Crippen molar-refractivity contribution in [2.24, 2.45) is 7.05 Å². The number of pyridine rings is 1. The summed E-state index contributed by atoms with van der Waals surface area (Å²) in [4.78, 5) is 11.9. The Morgan fingerprint density at radius 3 is 2.69 bits per heavy atom. The first kappa shape index (κ1) is 10.5. The molecule has 1 aromatic heterocycles. The van der Waals surface area contributed by atoms with Crippen molar-refractivity contribution in [1.29, 1.82) is 0 Å². The third-order valence-electron chi connectivity index (χ3n) is 2.75. The summed E-state index contributed by atoms with van der Waals surface area (Å²) in [5.41, 5.74) is 1.95. The molecule has 2 heteroatoms. The maximum Gasteiger partial charge on any atom is 0.258 e. The van der Waals surface area contributed by atoms with Crippen molar-refractivity contribution in [3.8, 4) is 11.8 Å². The number of aromatic nitrogens is 1. The molecule has 0 bridgehead atoms. The number of aryl methyl sites for hydroxylation is 1. The third-order valence-corrected chi connectivity index (χ3v) is 2.75. The van der Waals surface area contributed by atoms with Crippen molar-refractivity contribution in [2.75, 3.05) is 0 Å². The van der Waals surface area contributed by atoms with E-state index in [0.29, 0.717) is 0 Å². The van der Waals surface area contributed by atoms with Gasteiger partial charge in [-0.15, -0.1) is 5.92 Å². The van der Waals surface area contributed by atoms with E-state index in [9.17, 15) is 4.79 Å². The largest absolute Gasteiger partial charge is 0.315 e. The molecule has 0 aliphatic rings. The van der Waals surface area contributed by atoms with Crippen molar-refractivity contribution in [3.63, 3.8) is 0 Å². The minimum atomic E-state index is 0.0472. The first-order valence-corrected chi connectivity index (χ1v) is 5.16. The summed E-state index contributed by atoms with van der Waals surface area (Å²) in [5.74, 6) is 5.85. The van der Waals surface area contributed by atoms with Crippen LogP contribution in [0, 0.1) is 18.8 Å². The van der Waals surface area contributed by atoms with E-state index >= 15 is 0 Å². The molecule has 1 heterocycles. The Kier molecular flexibility index (Phi) is 2.54. The Balaban J connectivity index is 2.84. The molecule has 2 rings (SSSR count). The summed E-state index contributed by atoms with van der Waals surface area (Å²) in [6, 6.07) is 7.70. The monoisotopic (exact) mass is 211 g/mol. The maximum absolute atomic E-state index is 11.9. The zero-order valence-corrected chi connectivity index (χ0v) is 9.66. The van der Waals surface area contributed by atoms with E-state index in [1.807, 2.05) is 31.2 Å². The first-order chi connectivity index (χ1) is 7.63. The molecule has 1 aromatic carbocycles. The van der Waals surface area contributed by atoms with Crippen LogP contribution >= 0.6 is 0 Å². The van der Waals surface area contributed by atoms with Gasteiger partial charge in [0.05, 0.1) is 0 Å². The predicted octanol–water partition coefficient (Wildman–Crippen LogP) is 2.22. The Morgan fingerprint density at radius 2 is 2.00 bits per heavy atom. The number of hydrogen-bond donors (Lipinski definition) is 0. The Labute approximate surface area is 94.5 Å². The molecule has 0 radical (unpaired) electrons. The number of fused-ring (bicyclic) bond motifs is 1. The Bertz CT molecular complexity index is 669. The van der Waals surface area contributed by atoms with E-state index in [1.165, 1.54) is 0 Å². The van der Waals surface area contributed by atoms with Crippen molar-refractivity contribution < 1.29 is 0 Å². The van der Waals surface area contributed by atoms with Gasteiger partial charge in [-0.1, -0.05) is 5.92 Å². The second-order valence-corrected chi connectivity index (χ2v) is 3.83. The highest BCUT2D eigenvalue weighted by molar-refractivity contribution is 5.83. The minimum Gasteiger partial charge on any atom is -0.315 e. The molecule has 0 aliphatic carbocycles. The van der Waals surface area contributed by atoms with Gasteiger partial charge >= 0.3 is 0 Å². The number of nitrogens with zero attached hydrogens (tertiary/aromatic N) is 1. The molecule has 0 unspecified atom stereocenters. The van der Waals surface area contributed by atoms with Crippen molar-refractivity contribution in [2.45, 2.75) is 13.8 Å². The van der Waals surface area contributed by atoms with E-state index in [-0.39, 0.29) is 5.56 Å². The molecule has 2 aromatic rings. The summed E-state index contributed by atoms with van der Waals surface area (Å²) in [6.45, 7) is 3.73. The third kappa shape index (κ3) is 1.61. The van der Waals surface area contributed by atoms with Gasteiger partial charge in [-0.3, -0.25) is 4.79 Å². The highest BCUT2D eigenvalue weighted by atomic mass is 16.1. The van der Waals surface area contributed by atoms with Gasteiger partial charge in [0.25, 0.3) is 5.56 Å². The molecule has 0 saturated heterocycles. The van der Waals surface area contributed by atoms with Gasteiger partial charge in [0, 0.05) is 23.7 Å². The quantitative estimate of drug-likeness (QED) is 0.612. The average molecular weight is 211 g/mol. The molecule has 0 saturated carbocycles. The fraction of sp³-hybridized carbons (Fsp3) is 0.214. The van der Waals surface area contributed by atoms with Crippen molar-refractivity contribution in [1.82, 2.24) is 4.57 Å². The zero-order chi connectivity index (χ0) is 11.7. The van der Waals surface area contributed by atoms with Crippen LogP contribution in [0.4, 0.5) is 0 Å². The Morgan fingerprint density at radius 1 is 1.25 bits per heavy atom. The SMILES string of the molecule is CC#Cc1ccc2c(=O)n(C)c(C)cc2c1. The molecule has 16 heavy (non-hydrogen) atoms. The summed E-state index contributed by atoms with van der Waals surface area (Å²) < 4.78 is 1.66. The van der Waals surface area contributed by atoms with Crippen molar-refractivity contribution in [3.05, 3.63) is 45.9 Å². The van der Waals surface area contributed by atoms with Gasteiger partial charge in [-0.25, -0.2) is 0 Å². The molecule has 0 aliphatic heterocycles. The summed E-state index contributed by atoms with van der Waals surface area (Å²) in [6.07, 6.45) is 0. The van der Waals surface area contributed by atoms with E-state index in [1.54, 1.807) is 18.5 Å². The van der Waals surface area contributed by atoms with Crippen LogP contribution in [0.3, 0.4) is 0 Å². The van der Waals surface area contributed by atoms with Crippen LogP contribution < -0.4 is 5.56 Å². The van der Waals surface area contributed by atoms with Crippen LogP contribution in [0.15, 0.2) is 29.1 Å². The molecule has 2 nitrogen and oxygen atoms in total. The molecular formula is C14H13NO. The summed E-state index contributed by atoms with van der Waals surface area (Å²) >= 11 is 0. The van der Waals surface area contributed by atoms with Gasteiger partial charge in [0.15, 0.2) is 0 Å². The minimum absolute atomic E-state index is 0.0472. The molecule has 80 valence electrons. The normalized spacial score (nSPS) is 9.94. The first-order valence-electron chi connectivity index (χ1n) is 5.16. The summed E-state index contributed by atoms with van der Waals surface area (Å²) in [5, 5.41) is 1.70. The van der Waals surface area contributed by atoms with Gasteiger partial charge in [0.1, 0.15) is 0 Å². The fourth-order valence-electron chi connectivity index (χ4n) is 1.76. The van der Waals surface area contributed by atoms with Crippen LogP contribution in [0.1, 0.15) is 18.2 Å². The smallest absolute Gasteiger partial charge is 0.258 e. The zero-order valence-electron chi connectivity index (χ0n) is 9.66. The van der Waals surface area contributed by atoms with Crippen LogP contribution in [0.25, 0.3) is 10.8 Å². The van der Waals surface area contributed by atoms with Crippen LogP contribution in [-0.4, -0.2) is 4.57 Å². The number of rotatable bonds is 0. The molecule has 0 fully saturated rings. The van der Waals surface area contributed by atoms with Gasteiger partial charge in [0.2, 0.25) is 0 Å². The fourth-order valence-corrected chi connectivity index (χ4v) is 1.76. The van der Waals surface area contributed by atoms with E-state index in [4.69, 9.17) is 0 Å². The number of hydrogen-bond acceptors (Lipinski definition) is 1. The van der Waals surface area contributed by atoms with Crippen LogP contribution in [-0.2, 0) is 7.05 Å². The highest BCUT2D eigenvalue weighted by Gasteiger charge is 2.03. The predicted molar refractivity (Wildman–Crippen MR) is 66.5 cm³/mol. The molecule has 0 amide bonds. The second-order valence-electron chi connectivity index (χ2n) is 3.83. The van der Waals surface area contributed by atoms with Gasteiger partial charge in [-0.2, -0.15) is 0 Å². The van der Waals surface area contributed by atoms with E-state index in [2.05, 4.69) is 11.8 Å². The van der Waals surface area contributed by atoms with Crippen LogP contribution in [0.2, 0.25) is 0 Å². The lowest BCUT2D eigenvalue weighted by Crippen LogP contribution is -2.18. The molecular weight excluding hydrogens is 198 g/mol. The Hall–Kier alpha value is -2.01. The maximum atomic E-state index is 11.9. The lowest BCUT2D eigenvalue weighted by Gasteiger charge is -2.06. The molecule has 0 spiro atoms. The van der Waals surface area contributed by atoms with Crippen LogP contribution in [0.5, 0.6) is 0 Å². The molecule has 0 N–H and O–H groups in total. The lowest BCUT2D eigenvalue weighted by atomic mass is 10.1. The average Bonchev–Trinajstić information content (AvgIpc) is 2.26. The molecule has 0 atom stereocenters. The van der Waals surface area contributed by atoms with E-state index in [0.717, 1.165) is 22.0 Å². The van der Waals surface area contributed by atoms with E-state index < -0.39 is 0 Å². The van der Waals surface area contributed by atoms with Gasteiger partial charge < -0.3 is 4.57 Å². The van der Waals surface area contributed by atoms with Crippen molar-refractivity contribution >= 4 is 10.8 Å². The highest BCUT2D eigenvalue weighted by Crippen LogP contribution is 2.13. The lowest BCUT2D eigenvalue weighted by molar-refractivity contribution is 0.830. The topological polar surface area (TPSA) is 22.0 Å². The standard InChI is InChI=1S/C14H13NO/c1-4-5-11-6-7-13-12(9-11)8-10(2)15(3)14(13)16/h6-9H,1-3H3. The number of benzene rings is 1. The summed E-state index contributed by atoms with van der Waals surface area (Å²) in [7, 11) is 1.79. The second kappa shape index (κ2) is 3.86.